The lowest BCUT2D eigenvalue weighted by Gasteiger charge is -2.17. The Bertz CT molecular complexity index is 1030. The minimum atomic E-state index is 0.0718. The summed E-state index contributed by atoms with van der Waals surface area (Å²) in [7, 11) is 1.69. The summed E-state index contributed by atoms with van der Waals surface area (Å²) >= 11 is 1.39. The predicted octanol–water partition coefficient (Wildman–Crippen LogP) is 4.13. The maximum atomic E-state index is 13.0. The number of hydrogen-bond acceptors (Lipinski definition) is 6. The number of hydrogen-bond donors (Lipinski definition) is 0. The number of nitrogens with zero attached hydrogens (tertiary/aromatic N) is 5. The van der Waals surface area contributed by atoms with Gasteiger partial charge in [0, 0.05) is 48.6 Å². The molecule has 0 fully saturated rings. The Kier molecular flexibility index (Phi) is 7.23. The molecule has 30 heavy (non-hydrogen) atoms. The molecule has 3 rings (SSSR count). The third kappa shape index (κ3) is 4.55. The lowest BCUT2D eigenvalue weighted by Crippen LogP contribution is -2.15. The highest BCUT2D eigenvalue weighted by atomic mass is 32.2. The van der Waals surface area contributed by atoms with Gasteiger partial charge in [0.2, 0.25) is 0 Å². The van der Waals surface area contributed by atoms with Crippen LogP contribution in [0, 0.1) is 13.8 Å². The van der Waals surface area contributed by atoms with Crippen LogP contribution in [0.3, 0.4) is 0 Å². The Hall–Kier alpha value is -2.71. The highest BCUT2D eigenvalue weighted by Gasteiger charge is 2.20. The van der Waals surface area contributed by atoms with Crippen molar-refractivity contribution in [3.8, 4) is 11.4 Å². The Morgan fingerprint density at radius 2 is 2.03 bits per heavy atom. The van der Waals surface area contributed by atoms with Crippen molar-refractivity contribution in [1.82, 2.24) is 24.3 Å². The van der Waals surface area contributed by atoms with E-state index in [4.69, 9.17) is 4.74 Å². The van der Waals surface area contributed by atoms with Gasteiger partial charge in [-0.05, 0) is 39.0 Å². The van der Waals surface area contributed by atoms with Crippen LogP contribution in [0.4, 0.5) is 0 Å². The molecule has 158 valence electrons. The van der Waals surface area contributed by atoms with Gasteiger partial charge in [-0.3, -0.25) is 14.3 Å². The normalized spacial score (nSPS) is 12.1. The van der Waals surface area contributed by atoms with Gasteiger partial charge in [0.25, 0.3) is 0 Å². The number of carbonyl (C=O) groups excluding carboxylic acids is 1. The molecule has 3 aromatic rings. The van der Waals surface area contributed by atoms with Gasteiger partial charge in [-0.2, -0.15) is 0 Å². The molecule has 0 saturated heterocycles. The summed E-state index contributed by atoms with van der Waals surface area (Å²) in [6, 6.07) is 5.91. The number of Topliss-reactive ketones (excluding diaryl/α,β-unsaturated/α-hetero) is 1. The van der Waals surface area contributed by atoms with Crippen LogP contribution in [0.2, 0.25) is 0 Å². The molecule has 1 atom stereocenters. The van der Waals surface area contributed by atoms with E-state index in [0.29, 0.717) is 18.3 Å². The van der Waals surface area contributed by atoms with E-state index in [-0.39, 0.29) is 17.6 Å². The molecule has 0 bridgehead atoms. The highest BCUT2D eigenvalue weighted by Crippen LogP contribution is 2.26. The molecule has 3 heterocycles. The standard InChI is InChI=1S/C22H27N5O2S/c1-6-11-26-21(18-7-9-23-10-8-18)24-25-22(26)30-14-20(28)19-12-15(2)27(17(19)4)16(3)13-29-5/h6-10,12,16H,1,11,13-14H2,2-5H3. The van der Waals surface area contributed by atoms with Crippen LogP contribution in [0.25, 0.3) is 11.4 Å². The summed E-state index contributed by atoms with van der Waals surface area (Å²) in [5, 5.41) is 9.32. The molecule has 0 radical (unpaired) electrons. The summed E-state index contributed by atoms with van der Waals surface area (Å²) < 4.78 is 9.40. The quantitative estimate of drug-likeness (QED) is 0.276. The number of carbonyl (C=O) groups is 1. The monoisotopic (exact) mass is 425 g/mol. The number of methoxy groups -OCH3 is 1. The molecule has 8 heteroatoms. The molecular formula is C22H27N5O2S. The fraction of sp³-hybridized carbons (Fsp3) is 0.364. The summed E-state index contributed by atoms with van der Waals surface area (Å²) in [6.45, 7) is 11.1. The van der Waals surface area contributed by atoms with Crippen molar-refractivity contribution in [1.29, 1.82) is 0 Å². The van der Waals surface area contributed by atoms with Crippen molar-refractivity contribution >= 4 is 17.5 Å². The van der Waals surface area contributed by atoms with E-state index < -0.39 is 0 Å². The molecule has 3 aromatic heterocycles. The molecule has 0 spiro atoms. The number of thioether (sulfide) groups is 1. The third-order valence-corrected chi connectivity index (χ3v) is 5.90. The average molecular weight is 426 g/mol. The number of aryl methyl sites for hydroxylation is 1. The molecule has 0 aliphatic heterocycles. The molecule has 0 aliphatic rings. The topological polar surface area (TPSA) is 74.8 Å². The molecule has 0 N–H and O–H groups in total. The van der Waals surface area contributed by atoms with Crippen molar-refractivity contribution in [2.45, 2.75) is 38.5 Å². The first-order chi connectivity index (χ1) is 14.5. The van der Waals surface area contributed by atoms with Crippen LogP contribution in [-0.4, -0.2) is 49.6 Å². The number of rotatable bonds is 10. The molecule has 0 aliphatic carbocycles. The van der Waals surface area contributed by atoms with Crippen molar-refractivity contribution in [3.05, 3.63) is 60.2 Å². The van der Waals surface area contributed by atoms with Crippen LogP contribution in [0.1, 0.15) is 34.7 Å². The number of allylic oxidation sites excluding steroid dienone is 1. The van der Waals surface area contributed by atoms with Crippen LogP contribution >= 0.6 is 11.8 Å². The smallest absolute Gasteiger partial charge is 0.192 e. The van der Waals surface area contributed by atoms with Gasteiger partial charge in [0.1, 0.15) is 0 Å². The Balaban J connectivity index is 1.79. The van der Waals surface area contributed by atoms with Crippen molar-refractivity contribution < 1.29 is 9.53 Å². The first-order valence-corrected chi connectivity index (χ1v) is 10.7. The van der Waals surface area contributed by atoms with Crippen molar-refractivity contribution in [2.75, 3.05) is 19.5 Å². The van der Waals surface area contributed by atoms with E-state index in [1.807, 2.05) is 36.6 Å². The van der Waals surface area contributed by atoms with Crippen molar-refractivity contribution in [3.63, 3.8) is 0 Å². The van der Waals surface area contributed by atoms with E-state index in [1.165, 1.54) is 11.8 Å². The average Bonchev–Trinajstić information content (AvgIpc) is 3.27. The van der Waals surface area contributed by atoms with E-state index in [1.54, 1.807) is 25.6 Å². The Morgan fingerprint density at radius 3 is 2.70 bits per heavy atom. The van der Waals surface area contributed by atoms with Gasteiger partial charge >= 0.3 is 0 Å². The summed E-state index contributed by atoms with van der Waals surface area (Å²) in [6.07, 6.45) is 5.24. The second kappa shape index (κ2) is 9.86. The fourth-order valence-electron chi connectivity index (χ4n) is 3.66. The summed E-state index contributed by atoms with van der Waals surface area (Å²) in [5.74, 6) is 1.09. The minimum absolute atomic E-state index is 0.0718. The number of pyridine rings is 1. The minimum Gasteiger partial charge on any atom is -0.383 e. The zero-order valence-electron chi connectivity index (χ0n) is 17.8. The Labute approximate surface area is 181 Å². The second-order valence-corrected chi connectivity index (χ2v) is 8.05. The van der Waals surface area contributed by atoms with Crippen LogP contribution in [0.5, 0.6) is 0 Å². The highest BCUT2D eigenvalue weighted by molar-refractivity contribution is 7.99. The van der Waals surface area contributed by atoms with Gasteiger partial charge in [-0.15, -0.1) is 16.8 Å². The largest absolute Gasteiger partial charge is 0.383 e. The molecular weight excluding hydrogens is 398 g/mol. The molecule has 1 unspecified atom stereocenters. The SMILES string of the molecule is C=CCn1c(SCC(=O)c2cc(C)n(C(C)COC)c2C)nnc1-c1ccncc1. The molecule has 0 amide bonds. The zero-order valence-corrected chi connectivity index (χ0v) is 18.6. The van der Waals surface area contributed by atoms with E-state index >= 15 is 0 Å². The first kappa shape index (κ1) is 22.0. The van der Waals surface area contributed by atoms with Crippen LogP contribution in [-0.2, 0) is 11.3 Å². The number of ketones is 1. The number of aromatic nitrogens is 5. The van der Waals surface area contributed by atoms with Crippen LogP contribution in [0.15, 0.2) is 48.4 Å². The van der Waals surface area contributed by atoms with Crippen molar-refractivity contribution in [2.24, 2.45) is 0 Å². The van der Waals surface area contributed by atoms with Gasteiger partial charge in [0.15, 0.2) is 16.8 Å². The van der Waals surface area contributed by atoms with Gasteiger partial charge < -0.3 is 9.30 Å². The summed E-state index contributed by atoms with van der Waals surface area (Å²) in [5.41, 5.74) is 3.69. The van der Waals surface area contributed by atoms with E-state index in [2.05, 4.69) is 33.3 Å². The Morgan fingerprint density at radius 1 is 1.30 bits per heavy atom. The molecule has 0 aromatic carbocycles. The molecule has 0 saturated carbocycles. The molecule has 7 nitrogen and oxygen atoms in total. The van der Waals surface area contributed by atoms with Gasteiger partial charge in [-0.1, -0.05) is 17.8 Å². The van der Waals surface area contributed by atoms with E-state index in [9.17, 15) is 4.79 Å². The predicted molar refractivity (Wildman–Crippen MR) is 119 cm³/mol. The van der Waals surface area contributed by atoms with E-state index in [0.717, 1.165) is 28.3 Å². The third-order valence-electron chi connectivity index (χ3n) is 4.93. The van der Waals surface area contributed by atoms with Gasteiger partial charge in [-0.25, -0.2) is 0 Å². The first-order valence-electron chi connectivity index (χ1n) is 9.75. The maximum Gasteiger partial charge on any atom is 0.192 e. The lowest BCUT2D eigenvalue weighted by molar-refractivity contribution is 0.102. The second-order valence-electron chi connectivity index (χ2n) is 7.11. The maximum absolute atomic E-state index is 13.0. The van der Waals surface area contributed by atoms with Crippen LogP contribution < -0.4 is 0 Å². The lowest BCUT2D eigenvalue weighted by atomic mass is 10.2. The summed E-state index contributed by atoms with van der Waals surface area (Å²) in [4.78, 5) is 17.0. The zero-order chi connectivity index (χ0) is 21.7. The number of ether oxygens (including phenoxy) is 1. The van der Waals surface area contributed by atoms with Gasteiger partial charge in [0.05, 0.1) is 18.4 Å². The fourth-order valence-corrected chi connectivity index (χ4v) is 4.50.